The highest BCUT2D eigenvalue weighted by atomic mass is 19.4. The summed E-state index contributed by atoms with van der Waals surface area (Å²) in [7, 11) is 1.54. The van der Waals surface area contributed by atoms with Gasteiger partial charge in [0, 0.05) is 20.1 Å². The molecule has 0 aliphatic heterocycles. The Bertz CT molecular complexity index is 415. The van der Waals surface area contributed by atoms with E-state index in [-0.39, 0.29) is 25.2 Å². The summed E-state index contributed by atoms with van der Waals surface area (Å²) in [5.74, 6) is -1.14. The van der Waals surface area contributed by atoms with E-state index in [1.165, 1.54) is 10.9 Å². The molecule has 0 spiro atoms. The molecule has 0 saturated carbocycles. The molecule has 8 heteroatoms. The topological polar surface area (TPSA) is 64.4 Å². The Hall–Kier alpha value is -1.57. The van der Waals surface area contributed by atoms with E-state index in [1.807, 2.05) is 0 Å². The highest BCUT2D eigenvalue weighted by molar-refractivity contribution is 5.88. The van der Waals surface area contributed by atoms with Gasteiger partial charge >= 0.3 is 12.1 Å². The summed E-state index contributed by atoms with van der Waals surface area (Å²) in [6, 6.07) is 0. The first kappa shape index (κ1) is 14.5. The van der Waals surface area contributed by atoms with Crippen LogP contribution in [0.15, 0.2) is 6.20 Å². The molecule has 1 aromatic heterocycles. The number of ether oxygens (including phenoxy) is 1. The third-order valence-electron chi connectivity index (χ3n) is 2.28. The van der Waals surface area contributed by atoms with Crippen molar-refractivity contribution in [2.24, 2.45) is 7.05 Å². The number of halogens is 3. The summed E-state index contributed by atoms with van der Waals surface area (Å²) in [4.78, 5) is 10.8. The van der Waals surface area contributed by atoms with E-state index in [0.29, 0.717) is 5.69 Å². The number of aryl methyl sites for hydroxylation is 1. The average Bonchev–Trinajstić information content (AvgIpc) is 2.58. The summed E-state index contributed by atoms with van der Waals surface area (Å²) in [6.45, 7) is -0.153. The van der Waals surface area contributed by atoms with Crippen LogP contribution in [0.25, 0.3) is 0 Å². The van der Waals surface area contributed by atoms with Gasteiger partial charge in [-0.2, -0.15) is 18.3 Å². The first-order valence-electron chi connectivity index (χ1n) is 5.20. The van der Waals surface area contributed by atoms with Crippen molar-refractivity contribution in [3.63, 3.8) is 0 Å². The first-order chi connectivity index (χ1) is 8.31. The van der Waals surface area contributed by atoms with Crippen molar-refractivity contribution in [3.05, 3.63) is 17.5 Å². The van der Waals surface area contributed by atoms with E-state index in [9.17, 15) is 18.0 Å². The van der Waals surface area contributed by atoms with E-state index >= 15 is 0 Å². The lowest BCUT2D eigenvalue weighted by Crippen LogP contribution is -2.10. The highest BCUT2D eigenvalue weighted by Gasteiger charge is 2.26. The molecule has 0 aliphatic rings. The average molecular weight is 266 g/mol. The maximum atomic E-state index is 11.8. The summed E-state index contributed by atoms with van der Waals surface area (Å²) in [5, 5.41) is 12.6. The molecule has 0 aliphatic carbocycles. The van der Waals surface area contributed by atoms with Crippen LogP contribution in [0, 0.1) is 0 Å². The summed E-state index contributed by atoms with van der Waals surface area (Å²) in [6.07, 6.45) is -4.08. The van der Waals surface area contributed by atoms with Gasteiger partial charge in [0.2, 0.25) is 0 Å². The van der Waals surface area contributed by atoms with Gasteiger partial charge in [-0.25, -0.2) is 4.79 Å². The Kier molecular flexibility index (Phi) is 4.71. The largest absolute Gasteiger partial charge is 0.478 e. The Balaban J connectivity index is 2.40. The van der Waals surface area contributed by atoms with Gasteiger partial charge in [0.25, 0.3) is 0 Å². The summed E-state index contributed by atoms with van der Waals surface area (Å²) < 4.78 is 41.9. The van der Waals surface area contributed by atoms with Gasteiger partial charge in [0.05, 0.1) is 18.5 Å². The molecule has 0 unspecified atom stereocenters. The van der Waals surface area contributed by atoms with Gasteiger partial charge in [0.1, 0.15) is 5.56 Å². The fraction of sp³-hybridized carbons (Fsp3) is 0.600. The molecule has 0 aromatic carbocycles. The minimum atomic E-state index is -4.19. The van der Waals surface area contributed by atoms with Crippen LogP contribution >= 0.6 is 0 Å². The number of carboxylic acids is 1. The molecule has 0 bridgehead atoms. The minimum absolute atomic E-state index is 0.00618. The second-order valence-corrected chi connectivity index (χ2v) is 3.71. The molecular formula is C10H13F3N2O3. The third-order valence-corrected chi connectivity index (χ3v) is 2.28. The summed E-state index contributed by atoms with van der Waals surface area (Å²) >= 11 is 0. The Morgan fingerprint density at radius 3 is 2.78 bits per heavy atom. The second-order valence-electron chi connectivity index (χ2n) is 3.71. The Labute approximate surface area is 101 Å². The number of hydrogen-bond donors (Lipinski definition) is 1. The lowest BCUT2D eigenvalue weighted by Gasteiger charge is -2.07. The SMILES string of the molecule is Cn1ncc(C(=O)O)c1COCCCC(F)(F)F. The number of aromatic nitrogens is 2. The smallest absolute Gasteiger partial charge is 0.389 e. The van der Waals surface area contributed by atoms with Gasteiger partial charge in [-0.1, -0.05) is 0 Å². The van der Waals surface area contributed by atoms with E-state index < -0.39 is 18.6 Å². The standard InChI is InChI=1S/C10H13F3N2O3/c1-15-8(7(5-14-15)9(16)17)6-18-4-2-3-10(11,12)13/h5H,2-4,6H2,1H3,(H,16,17). The number of rotatable bonds is 6. The maximum absolute atomic E-state index is 11.8. The molecule has 0 amide bonds. The summed E-state index contributed by atoms with van der Waals surface area (Å²) in [5.41, 5.74) is 0.322. The normalized spacial score (nSPS) is 11.8. The third kappa shape index (κ3) is 4.36. The zero-order valence-electron chi connectivity index (χ0n) is 9.70. The molecule has 5 nitrogen and oxygen atoms in total. The van der Waals surface area contributed by atoms with Crippen LogP contribution in [0.2, 0.25) is 0 Å². The quantitative estimate of drug-likeness (QED) is 0.799. The van der Waals surface area contributed by atoms with Crippen LogP contribution in [0.1, 0.15) is 28.9 Å². The van der Waals surface area contributed by atoms with Gasteiger partial charge in [-0.15, -0.1) is 0 Å². The van der Waals surface area contributed by atoms with Crippen LogP contribution < -0.4 is 0 Å². The van der Waals surface area contributed by atoms with Crippen molar-refractivity contribution >= 4 is 5.97 Å². The van der Waals surface area contributed by atoms with Crippen molar-refractivity contribution in [2.45, 2.75) is 25.6 Å². The van der Waals surface area contributed by atoms with Crippen molar-refractivity contribution < 1.29 is 27.8 Å². The lowest BCUT2D eigenvalue weighted by atomic mass is 10.2. The molecule has 0 fully saturated rings. The first-order valence-corrected chi connectivity index (χ1v) is 5.20. The molecule has 0 atom stereocenters. The molecular weight excluding hydrogens is 253 g/mol. The van der Waals surface area contributed by atoms with E-state index in [0.717, 1.165) is 0 Å². The predicted molar refractivity (Wildman–Crippen MR) is 55.1 cm³/mol. The number of alkyl halides is 3. The van der Waals surface area contributed by atoms with Crippen LogP contribution in [-0.4, -0.2) is 33.6 Å². The highest BCUT2D eigenvalue weighted by Crippen LogP contribution is 2.21. The molecule has 1 aromatic rings. The van der Waals surface area contributed by atoms with E-state index in [1.54, 1.807) is 7.05 Å². The van der Waals surface area contributed by atoms with Crippen molar-refractivity contribution in [3.8, 4) is 0 Å². The van der Waals surface area contributed by atoms with E-state index in [2.05, 4.69) is 5.10 Å². The van der Waals surface area contributed by atoms with Gasteiger partial charge < -0.3 is 9.84 Å². The number of carbonyl (C=O) groups is 1. The van der Waals surface area contributed by atoms with E-state index in [4.69, 9.17) is 9.84 Å². The predicted octanol–water partition coefficient (Wildman–Crippen LogP) is 1.98. The van der Waals surface area contributed by atoms with Crippen LogP contribution in [0.4, 0.5) is 13.2 Å². The lowest BCUT2D eigenvalue weighted by molar-refractivity contribution is -0.138. The van der Waals surface area contributed by atoms with Gasteiger partial charge in [0.15, 0.2) is 0 Å². The zero-order chi connectivity index (χ0) is 13.8. The molecule has 1 rings (SSSR count). The van der Waals surface area contributed by atoms with Crippen LogP contribution in [0.3, 0.4) is 0 Å². The molecule has 1 heterocycles. The fourth-order valence-corrected chi connectivity index (χ4v) is 1.36. The number of nitrogens with zero attached hydrogens (tertiary/aromatic N) is 2. The molecule has 0 saturated heterocycles. The second kappa shape index (κ2) is 5.85. The van der Waals surface area contributed by atoms with Gasteiger partial charge in [-0.3, -0.25) is 4.68 Å². The Morgan fingerprint density at radius 1 is 1.56 bits per heavy atom. The van der Waals surface area contributed by atoms with Crippen molar-refractivity contribution in [1.29, 1.82) is 0 Å². The molecule has 1 N–H and O–H groups in total. The maximum Gasteiger partial charge on any atom is 0.389 e. The zero-order valence-corrected chi connectivity index (χ0v) is 9.70. The minimum Gasteiger partial charge on any atom is -0.478 e. The van der Waals surface area contributed by atoms with Crippen molar-refractivity contribution in [1.82, 2.24) is 9.78 Å². The monoisotopic (exact) mass is 266 g/mol. The number of carboxylic acid groups (broad SMARTS) is 1. The number of hydrogen-bond acceptors (Lipinski definition) is 3. The Morgan fingerprint density at radius 2 is 2.22 bits per heavy atom. The molecule has 18 heavy (non-hydrogen) atoms. The number of aromatic carboxylic acids is 1. The van der Waals surface area contributed by atoms with Crippen LogP contribution in [-0.2, 0) is 18.4 Å². The van der Waals surface area contributed by atoms with Gasteiger partial charge in [-0.05, 0) is 6.42 Å². The van der Waals surface area contributed by atoms with Crippen molar-refractivity contribution in [2.75, 3.05) is 6.61 Å². The van der Waals surface area contributed by atoms with Crippen LogP contribution in [0.5, 0.6) is 0 Å². The molecule has 102 valence electrons. The fourth-order valence-electron chi connectivity index (χ4n) is 1.36. The molecule has 0 radical (unpaired) electrons.